The molecule has 0 heterocycles. The molecular weight excluding hydrogens is 768 g/mol. The summed E-state index contributed by atoms with van der Waals surface area (Å²) in [4.78, 5) is 23.2. The maximum absolute atomic E-state index is 12.9. The maximum atomic E-state index is 12.9. The Labute approximate surface area is 371 Å². The zero-order chi connectivity index (χ0) is 44.3. The molecule has 1 amide bonds. The molecule has 3 N–H and O–H groups in total. The van der Waals surface area contributed by atoms with Gasteiger partial charge in [-0.05, 0) is 51.4 Å². The summed E-state index contributed by atoms with van der Waals surface area (Å²) in [5.41, 5.74) is 0. The third-order valence-electron chi connectivity index (χ3n) is 11.1. The largest absolute Gasteiger partial charge is 0.472 e. The molecule has 0 aliphatic heterocycles. The summed E-state index contributed by atoms with van der Waals surface area (Å²) in [6, 6.07) is -0.856. The fraction of sp³-hybridized carbons (Fsp3) is 0.824. The van der Waals surface area contributed by atoms with E-state index in [1.807, 2.05) is 27.2 Å². The average molecular weight is 866 g/mol. The van der Waals surface area contributed by atoms with Gasteiger partial charge in [-0.1, -0.05) is 210 Å². The van der Waals surface area contributed by atoms with Gasteiger partial charge in [-0.3, -0.25) is 13.8 Å². The number of carbonyl (C=O) groups is 1. The lowest BCUT2D eigenvalue weighted by atomic mass is 10.0. The summed E-state index contributed by atoms with van der Waals surface area (Å²) in [6.07, 6.45) is 54.8. The van der Waals surface area contributed by atoms with Gasteiger partial charge in [0.2, 0.25) is 5.91 Å². The molecule has 0 radical (unpaired) electrons. The lowest BCUT2D eigenvalue weighted by Crippen LogP contribution is -2.45. The number of unbranched alkanes of at least 4 members (excludes halogenated alkanes) is 26. The van der Waals surface area contributed by atoms with Crippen molar-refractivity contribution in [2.75, 3.05) is 40.9 Å². The summed E-state index contributed by atoms with van der Waals surface area (Å²) in [5.74, 6) is -0.194. The second-order valence-electron chi connectivity index (χ2n) is 18.2. The summed E-state index contributed by atoms with van der Waals surface area (Å²) in [7, 11) is 1.56. The molecule has 0 aromatic rings. The molecule has 0 aliphatic rings. The van der Waals surface area contributed by atoms with Crippen LogP contribution in [0, 0.1) is 0 Å². The molecule has 3 unspecified atom stereocenters. The van der Waals surface area contributed by atoms with E-state index in [4.69, 9.17) is 9.05 Å². The lowest BCUT2D eigenvalue weighted by Gasteiger charge is -2.25. The van der Waals surface area contributed by atoms with Crippen molar-refractivity contribution in [1.29, 1.82) is 0 Å². The van der Waals surface area contributed by atoms with Gasteiger partial charge < -0.3 is 19.8 Å². The summed E-state index contributed by atoms with van der Waals surface area (Å²) >= 11 is 0. The number of nitrogens with one attached hydrogen (secondary N) is 1. The van der Waals surface area contributed by atoms with Crippen molar-refractivity contribution in [3.05, 3.63) is 48.6 Å². The minimum atomic E-state index is -4.35. The number of phosphoric ester groups is 1. The first-order valence-corrected chi connectivity index (χ1v) is 26.5. The third-order valence-corrected chi connectivity index (χ3v) is 12.0. The Kier molecular flexibility index (Phi) is 41.6. The number of hydrogen-bond acceptors (Lipinski definition) is 5. The quantitative estimate of drug-likeness (QED) is 0.0244. The standard InChI is InChI=1S/C51H97N2O6P/c1-6-8-10-12-14-16-18-20-22-23-24-25-26-27-28-29-31-32-34-36-38-40-42-44-50(54)49(48-59-60(56,57)58-47-46-53(3,4)5)52-51(55)45-43-41-39-37-35-33-30-21-19-17-15-13-11-9-7-2/h9,11,15,17,21,30,42,44,49-50,54H,6-8,10,12-14,16,18-20,22-29,31-41,43,45-48H2,1-5H3,(H-,52,55,56,57)/p+1/b11-9-,17-15-,30-21-,44-42+. The van der Waals surface area contributed by atoms with Crippen LogP contribution < -0.4 is 5.32 Å². The van der Waals surface area contributed by atoms with Crippen molar-refractivity contribution in [3.8, 4) is 0 Å². The summed E-state index contributed by atoms with van der Waals surface area (Å²) < 4.78 is 23.6. The molecule has 60 heavy (non-hydrogen) atoms. The first kappa shape index (κ1) is 58.5. The van der Waals surface area contributed by atoms with Crippen LogP contribution in [-0.4, -0.2) is 73.4 Å². The van der Waals surface area contributed by atoms with E-state index in [0.717, 1.165) is 77.0 Å². The Morgan fingerprint density at radius 1 is 0.583 bits per heavy atom. The van der Waals surface area contributed by atoms with E-state index >= 15 is 0 Å². The number of carbonyl (C=O) groups excluding carboxylic acids is 1. The smallest absolute Gasteiger partial charge is 0.387 e. The van der Waals surface area contributed by atoms with Crippen molar-refractivity contribution >= 4 is 13.7 Å². The highest BCUT2D eigenvalue weighted by atomic mass is 31.2. The second kappa shape index (κ2) is 42.7. The van der Waals surface area contributed by atoms with E-state index in [0.29, 0.717) is 17.4 Å². The minimum Gasteiger partial charge on any atom is -0.387 e. The van der Waals surface area contributed by atoms with Crippen molar-refractivity contribution < 1.29 is 32.9 Å². The van der Waals surface area contributed by atoms with Gasteiger partial charge in [0.25, 0.3) is 0 Å². The molecule has 0 aliphatic carbocycles. The normalized spacial score (nSPS) is 14.6. The van der Waals surface area contributed by atoms with Crippen LogP contribution >= 0.6 is 7.82 Å². The van der Waals surface area contributed by atoms with Crippen LogP contribution in [-0.2, 0) is 18.4 Å². The monoisotopic (exact) mass is 866 g/mol. The fourth-order valence-electron chi connectivity index (χ4n) is 7.11. The molecule has 0 saturated carbocycles. The molecule has 0 aromatic heterocycles. The van der Waals surface area contributed by atoms with Crippen molar-refractivity contribution in [1.82, 2.24) is 5.32 Å². The van der Waals surface area contributed by atoms with Gasteiger partial charge in [-0.25, -0.2) is 4.57 Å². The number of phosphoric acid groups is 1. The Balaban J connectivity index is 4.31. The molecule has 0 rings (SSSR count). The molecule has 0 bridgehead atoms. The van der Waals surface area contributed by atoms with E-state index in [-0.39, 0.29) is 19.1 Å². The van der Waals surface area contributed by atoms with Crippen LogP contribution in [0.15, 0.2) is 48.6 Å². The second-order valence-corrected chi connectivity index (χ2v) is 19.6. The van der Waals surface area contributed by atoms with Gasteiger partial charge >= 0.3 is 7.82 Å². The first-order chi connectivity index (χ1) is 29.0. The van der Waals surface area contributed by atoms with Crippen LogP contribution in [0.4, 0.5) is 0 Å². The number of allylic oxidation sites excluding steroid dienone is 7. The Bertz CT molecular complexity index is 1120. The van der Waals surface area contributed by atoms with Gasteiger partial charge in [-0.15, -0.1) is 0 Å². The number of quaternary nitrogens is 1. The van der Waals surface area contributed by atoms with Crippen molar-refractivity contribution in [3.63, 3.8) is 0 Å². The number of aliphatic hydroxyl groups excluding tert-OH is 1. The predicted molar refractivity (Wildman–Crippen MR) is 258 cm³/mol. The van der Waals surface area contributed by atoms with Crippen LogP contribution in [0.25, 0.3) is 0 Å². The first-order valence-electron chi connectivity index (χ1n) is 25.0. The van der Waals surface area contributed by atoms with E-state index in [1.165, 1.54) is 122 Å². The van der Waals surface area contributed by atoms with Crippen molar-refractivity contribution in [2.45, 2.75) is 231 Å². The van der Waals surface area contributed by atoms with Crippen LogP contribution in [0.1, 0.15) is 219 Å². The van der Waals surface area contributed by atoms with Gasteiger partial charge in [0.05, 0.1) is 39.9 Å². The van der Waals surface area contributed by atoms with E-state index in [2.05, 4.69) is 55.6 Å². The average Bonchev–Trinajstić information content (AvgIpc) is 3.20. The van der Waals surface area contributed by atoms with Gasteiger partial charge in [0.1, 0.15) is 13.2 Å². The molecular formula is C51H98N2O6P+. The minimum absolute atomic E-state index is 0.0566. The maximum Gasteiger partial charge on any atom is 0.472 e. The highest BCUT2D eigenvalue weighted by molar-refractivity contribution is 7.47. The number of hydrogen-bond donors (Lipinski definition) is 3. The number of rotatable bonds is 45. The number of amides is 1. The summed E-state index contributed by atoms with van der Waals surface area (Å²) in [5, 5.41) is 13.9. The Morgan fingerprint density at radius 3 is 1.47 bits per heavy atom. The van der Waals surface area contributed by atoms with Crippen molar-refractivity contribution in [2.24, 2.45) is 0 Å². The highest BCUT2D eigenvalue weighted by Crippen LogP contribution is 2.43. The SMILES string of the molecule is CC/C=C\C/C=C\C/C=C\CCCCCCCC(=O)NC(COP(=O)(O)OCC[N+](C)(C)C)C(O)/C=C/CCCCCCCCCCCCCCCCCCCCCCC. The Hall–Kier alpha value is -1.54. The number of nitrogens with zero attached hydrogens (tertiary/aromatic N) is 1. The molecule has 0 spiro atoms. The molecule has 0 saturated heterocycles. The van der Waals surface area contributed by atoms with Gasteiger partial charge in [-0.2, -0.15) is 0 Å². The number of likely N-dealkylation sites (N-methyl/N-ethyl adjacent to an activating group) is 1. The summed E-state index contributed by atoms with van der Waals surface area (Å²) in [6.45, 7) is 4.70. The van der Waals surface area contributed by atoms with E-state index in [1.54, 1.807) is 6.08 Å². The Morgan fingerprint density at radius 2 is 1.00 bits per heavy atom. The van der Waals surface area contributed by atoms with Crippen LogP contribution in [0.5, 0.6) is 0 Å². The van der Waals surface area contributed by atoms with E-state index in [9.17, 15) is 19.4 Å². The van der Waals surface area contributed by atoms with Gasteiger partial charge in [0, 0.05) is 6.42 Å². The number of aliphatic hydroxyl groups is 1. The van der Waals surface area contributed by atoms with E-state index < -0.39 is 20.0 Å². The molecule has 3 atom stereocenters. The molecule has 0 aromatic carbocycles. The zero-order valence-corrected chi connectivity index (χ0v) is 40.8. The topological polar surface area (TPSA) is 105 Å². The molecule has 9 heteroatoms. The molecule has 352 valence electrons. The van der Waals surface area contributed by atoms with Crippen LogP contribution in [0.2, 0.25) is 0 Å². The van der Waals surface area contributed by atoms with Gasteiger partial charge in [0.15, 0.2) is 0 Å². The van der Waals surface area contributed by atoms with Crippen LogP contribution in [0.3, 0.4) is 0 Å². The fourth-order valence-corrected chi connectivity index (χ4v) is 7.85. The third kappa shape index (κ3) is 44.5. The zero-order valence-electron chi connectivity index (χ0n) is 39.9. The molecule has 8 nitrogen and oxygen atoms in total. The predicted octanol–water partition coefficient (Wildman–Crippen LogP) is 14.4. The lowest BCUT2D eigenvalue weighted by molar-refractivity contribution is -0.870. The molecule has 0 fully saturated rings. The highest BCUT2D eigenvalue weighted by Gasteiger charge is 2.27.